The number of aryl methyl sites for hydroxylation is 1. The zero-order valence-electron chi connectivity index (χ0n) is 15.0. The van der Waals surface area contributed by atoms with Crippen LogP contribution in [-0.4, -0.2) is 46.4 Å². The summed E-state index contributed by atoms with van der Waals surface area (Å²) in [5, 5.41) is 16.1. The molecule has 1 unspecified atom stereocenters. The lowest BCUT2D eigenvalue weighted by Crippen LogP contribution is -2.48. The van der Waals surface area contributed by atoms with E-state index in [4.69, 9.17) is 0 Å². The fraction of sp³-hybridized carbons (Fsp3) is 0.750. The molecular formula is C16H28F3N5O. The Morgan fingerprint density at radius 3 is 2.52 bits per heavy atom. The molecule has 3 N–H and O–H groups in total. The maximum Gasteiger partial charge on any atom is 0.424 e. The Hall–Kier alpha value is -1.77. The van der Waals surface area contributed by atoms with Crippen molar-refractivity contribution in [1.82, 2.24) is 20.2 Å². The molecule has 0 amide bonds. The average molecular weight is 363 g/mol. The summed E-state index contributed by atoms with van der Waals surface area (Å²) in [6, 6.07) is 0. The monoisotopic (exact) mass is 363 g/mol. The minimum Gasteiger partial charge on any atom is -0.374 e. The van der Waals surface area contributed by atoms with E-state index < -0.39 is 24.0 Å². The Morgan fingerprint density at radius 1 is 1.28 bits per heavy atom. The van der Waals surface area contributed by atoms with Crippen molar-refractivity contribution in [3.05, 3.63) is 18.2 Å². The molecule has 0 aliphatic heterocycles. The summed E-state index contributed by atoms with van der Waals surface area (Å²) in [4.78, 5) is 8.00. The van der Waals surface area contributed by atoms with Gasteiger partial charge in [0.15, 0.2) is 5.96 Å². The van der Waals surface area contributed by atoms with Crippen LogP contribution >= 0.6 is 0 Å². The summed E-state index contributed by atoms with van der Waals surface area (Å²) in [7, 11) is 1.42. The first-order valence-corrected chi connectivity index (χ1v) is 8.55. The van der Waals surface area contributed by atoms with Gasteiger partial charge < -0.3 is 20.3 Å². The van der Waals surface area contributed by atoms with Crippen LogP contribution in [0.2, 0.25) is 0 Å². The van der Waals surface area contributed by atoms with Crippen LogP contribution in [0, 0.1) is 0 Å². The topological polar surface area (TPSA) is 74.5 Å². The van der Waals surface area contributed by atoms with Crippen molar-refractivity contribution in [2.24, 2.45) is 12.0 Å². The van der Waals surface area contributed by atoms with Crippen LogP contribution < -0.4 is 10.6 Å². The lowest BCUT2D eigenvalue weighted by molar-refractivity contribution is -0.272. The molecule has 1 aromatic heterocycles. The number of alkyl halides is 3. The van der Waals surface area contributed by atoms with Crippen LogP contribution in [0.25, 0.3) is 0 Å². The number of rotatable bonds is 9. The molecule has 25 heavy (non-hydrogen) atoms. The highest BCUT2D eigenvalue weighted by Crippen LogP contribution is 2.40. The second kappa shape index (κ2) is 9.65. The number of nitrogens with one attached hydrogen (secondary N) is 2. The molecule has 144 valence electrons. The van der Waals surface area contributed by atoms with Crippen molar-refractivity contribution >= 4 is 5.96 Å². The highest BCUT2D eigenvalue weighted by Gasteiger charge is 2.57. The maximum absolute atomic E-state index is 13.4. The third-order valence-electron chi connectivity index (χ3n) is 3.82. The van der Waals surface area contributed by atoms with Gasteiger partial charge in [-0.15, -0.1) is 0 Å². The Balaban J connectivity index is 2.74. The first-order valence-electron chi connectivity index (χ1n) is 8.55. The van der Waals surface area contributed by atoms with Crippen LogP contribution in [0.3, 0.4) is 0 Å². The zero-order chi connectivity index (χ0) is 18.9. The fourth-order valence-corrected chi connectivity index (χ4v) is 2.40. The predicted octanol–water partition coefficient (Wildman–Crippen LogP) is 2.31. The zero-order valence-corrected chi connectivity index (χ0v) is 15.0. The van der Waals surface area contributed by atoms with Crippen LogP contribution in [0.1, 0.15) is 45.4 Å². The van der Waals surface area contributed by atoms with E-state index in [0.717, 1.165) is 19.3 Å². The molecule has 6 nitrogen and oxygen atoms in total. The number of halogens is 3. The molecular weight excluding hydrogens is 335 g/mol. The van der Waals surface area contributed by atoms with E-state index in [1.165, 1.54) is 24.0 Å². The van der Waals surface area contributed by atoms with E-state index >= 15 is 0 Å². The van der Waals surface area contributed by atoms with Crippen molar-refractivity contribution in [3.8, 4) is 0 Å². The highest BCUT2D eigenvalue weighted by molar-refractivity contribution is 5.79. The number of hydrogen-bond donors (Lipinski definition) is 3. The molecule has 1 atom stereocenters. The molecule has 0 aromatic carbocycles. The maximum atomic E-state index is 13.4. The molecule has 0 aliphatic carbocycles. The summed E-state index contributed by atoms with van der Waals surface area (Å²) >= 11 is 0. The molecule has 1 rings (SSSR count). The van der Waals surface area contributed by atoms with Gasteiger partial charge in [0.2, 0.25) is 5.60 Å². The van der Waals surface area contributed by atoms with Crippen LogP contribution in [-0.2, 0) is 12.6 Å². The van der Waals surface area contributed by atoms with Gasteiger partial charge in [-0.25, -0.2) is 4.98 Å². The second-order valence-electron chi connectivity index (χ2n) is 5.86. The Bertz CT molecular complexity index is 544. The van der Waals surface area contributed by atoms with Gasteiger partial charge in [-0.1, -0.05) is 19.8 Å². The quantitative estimate of drug-likeness (QED) is 0.358. The lowest BCUT2D eigenvalue weighted by atomic mass is 9.97. The molecule has 1 heterocycles. The van der Waals surface area contributed by atoms with E-state index in [1.54, 1.807) is 0 Å². The minimum atomic E-state index is -4.83. The Kier molecular flexibility index (Phi) is 8.21. The molecule has 0 bridgehead atoms. The minimum absolute atomic E-state index is 0.0948. The normalized spacial score (nSPS) is 15.1. The molecule has 0 fully saturated rings. The lowest BCUT2D eigenvalue weighted by Gasteiger charge is -2.30. The van der Waals surface area contributed by atoms with Crippen molar-refractivity contribution in [3.63, 3.8) is 0 Å². The molecule has 0 aliphatic rings. The van der Waals surface area contributed by atoms with E-state index in [1.807, 2.05) is 6.92 Å². The molecule has 0 radical (unpaired) electrons. The Morgan fingerprint density at radius 2 is 2.00 bits per heavy atom. The first-order chi connectivity index (χ1) is 11.8. The standard InChI is InChI=1S/C16H28F3N5O/c1-4-6-7-9-22-14(20-5-2)23-10-8-15(25,16(17,18)19)13-21-11-12-24(13)3/h11-12,25H,4-10H2,1-3H3,(H2,20,22,23). The van der Waals surface area contributed by atoms with Crippen molar-refractivity contribution in [2.45, 2.75) is 51.3 Å². The van der Waals surface area contributed by atoms with Crippen LogP contribution in [0.15, 0.2) is 17.4 Å². The van der Waals surface area contributed by atoms with Gasteiger partial charge in [-0.3, -0.25) is 4.99 Å². The smallest absolute Gasteiger partial charge is 0.374 e. The van der Waals surface area contributed by atoms with Crippen LogP contribution in [0.4, 0.5) is 13.2 Å². The van der Waals surface area contributed by atoms with Gasteiger partial charge in [-0.2, -0.15) is 13.2 Å². The molecule has 9 heteroatoms. The van der Waals surface area contributed by atoms with Gasteiger partial charge in [0.05, 0.1) is 0 Å². The first kappa shape index (κ1) is 21.3. The van der Waals surface area contributed by atoms with Gasteiger partial charge in [0.25, 0.3) is 0 Å². The van der Waals surface area contributed by atoms with Gasteiger partial charge in [0, 0.05) is 45.5 Å². The second-order valence-corrected chi connectivity index (χ2v) is 5.86. The largest absolute Gasteiger partial charge is 0.424 e. The van der Waals surface area contributed by atoms with Crippen LogP contribution in [0.5, 0.6) is 0 Å². The van der Waals surface area contributed by atoms with E-state index in [0.29, 0.717) is 19.0 Å². The summed E-state index contributed by atoms with van der Waals surface area (Å²) < 4.78 is 41.5. The number of nitrogens with zero attached hydrogens (tertiary/aromatic N) is 3. The average Bonchev–Trinajstić information content (AvgIpc) is 2.96. The predicted molar refractivity (Wildman–Crippen MR) is 91.3 cm³/mol. The summed E-state index contributed by atoms with van der Waals surface area (Å²) in [5.41, 5.74) is -3.02. The summed E-state index contributed by atoms with van der Waals surface area (Å²) in [5.74, 6) is 0.0228. The third-order valence-corrected chi connectivity index (χ3v) is 3.82. The highest BCUT2D eigenvalue weighted by atomic mass is 19.4. The number of unbranched alkanes of at least 4 members (excludes halogenated alkanes) is 2. The molecule has 0 spiro atoms. The Labute approximate surface area is 146 Å². The van der Waals surface area contributed by atoms with E-state index in [-0.39, 0.29) is 6.54 Å². The number of imidazole rings is 1. The molecule has 0 saturated carbocycles. The number of aromatic nitrogens is 2. The number of aliphatic imine (C=N–C) groups is 1. The van der Waals surface area contributed by atoms with Gasteiger partial charge >= 0.3 is 6.18 Å². The number of aliphatic hydroxyl groups is 1. The van der Waals surface area contributed by atoms with Crippen molar-refractivity contribution in [2.75, 3.05) is 19.6 Å². The number of guanidine groups is 1. The van der Waals surface area contributed by atoms with E-state index in [9.17, 15) is 18.3 Å². The van der Waals surface area contributed by atoms with Crippen molar-refractivity contribution < 1.29 is 18.3 Å². The summed E-state index contributed by atoms with van der Waals surface area (Å²) in [6.45, 7) is 5.07. The molecule has 0 saturated heterocycles. The van der Waals surface area contributed by atoms with Gasteiger partial charge in [0.1, 0.15) is 5.82 Å². The van der Waals surface area contributed by atoms with Gasteiger partial charge in [-0.05, 0) is 13.3 Å². The SMILES string of the molecule is CCCCCN=C(NCC)NCCC(O)(c1nccn1C)C(F)(F)F. The number of hydrogen-bond acceptors (Lipinski definition) is 3. The summed E-state index contributed by atoms with van der Waals surface area (Å²) in [6.07, 6.45) is 0.257. The van der Waals surface area contributed by atoms with E-state index in [2.05, 4.69) is 27.5 Å². The fourth-order valence-electron chi connectivity index (χ4n) is 2.40. The van der Waals surface area contributed by atoms with Crippen molar-refractivity contribution in [1.29, 1.82) is 0 Å². The molecule has 1 aromatic rings. The third kappa shape index (κ3) is 5.91.